The Labute approximate surface area is 81.3 Å². The summed E-state index contributed by atoms with van der Waals surface area (Å²) < 4.78 is 5.00. The van der Waals surface area contributed by atoms with Gasteiger partial charge in [0.15, 0.2) is 0 Å². The van der Waals surface area contributed by atoms with Crippen molar-refractivity contribution in [3.8, 4) is 0 Å². The van der Waals surface area contributed by atoms with Crippen LogP contribution in [0.2, 0.25) is 0 Å². The molecule has 0 fully saturated rings. The van der Waals surface area contributed by atoms with Crippen molar-refractivity contribution in [2.75, 3.05) is 7.11 Å². The zero-order chi connectivity index (χ0) is 9.97. The smallest absolute Gasteiger partial charge is 0.255 e. The monoisotopic (exact) mass is 189 g/mol. The van der Waals surface area contributed by atoms with Crippen LogP contribution in [0.1, 0.15) is 5.56 Å². The summed E-state index contributed by atoms with van der Waals surface area (Å²) in [6.07, 6.45) is 1.65. The molecule has 1 aromatic heterocycles. The first kappa shape index (κ1) is 8.97. The maximum atomic E-state index is 11.4. The summed E-state index contributed by atoms with van der Waals surface area (Å²) in [6, 6.07) is 7.63. The summed E-state index contributed by atoms with van der Waals surface area (Å²) in [6.45, 7) is 0.532. The molecular weight excluding hydrogens is 178 g/mol. The van der Waals surface area contributed by atoms with Crippen molar-refractivity contribution in [2.45, 2.75) is 6.61 Å². The molecule has 1 aromatic carbocycles. The zero-order valence-electron chi connectivity index (χ0n) is 7.91. The fraction of sp³-hybridized carbons (Fsp3) is 0.182. The topological polar surface area (TPSA) is 42.1 Å². The van der Waals surface area contributed by atoms with Gasteiger partial charge in [-0.1, -0.05) is 12.1 Å². The number of H-pyrrole nitrogens is 1. The molecule has 3 nitrogen and oxygen atoms in total. The predicted molar refractivity (Wildman–Crippen MR) is 55.3 cm³/mol. The molecule has 0 spiro atoms. The van der Waals surface area contributed by atoms with Crippen LogP contribution in [0.4, 0.5) is 0 Å². The maximum absolute atomic E-state index is 11.4. The van der Waals surface area contributed by atoms with E-state index in [1.807, 2.05) is 24.3 Å². The van der Waals surface area contributed by atoms with Gasteiger partial charge in [-0.2, -0.15) is 0 Å². The molecule has 0 saturated carbocycles. The number of rotatable bonds is 2. The summed E-state index contributed by atoms with van der Waals surface area (Å²) in [5.41, 5.74) is 0.956. The quantitative estimate of drug-likeness (QED) is 0.780. The van der Waals surface area contributed by atoms with Gasteiger partial charge in [0.1, 0.15) is 0 Å². The normalized spacial score (nSPS) is 10.6. The second kappa shape index (κ2) is 3.64. The van der Waals surface area contributed by atoms with Crippen molar-refractivity contribution in [1.82, 2.24) is 4.98 Å². The summed E-state index contributed by atoms with van der Waals surface area (Å²) in [5, 5.41) is 1.66. The first-order valence-corrected chi connectivity index (χ1v) is 4.40. The highest BCUT2D eigenvalue weighted by atomic mass is 16.5. The lowest BCUT2D eigenvalue weighted by atomic mass is 10.1. The van der Waals surface area contributed by atoms with E-state index in [-0.39, 0.29) is 5.56 Å². The lowest BCUT2D eigenvalue weighted by Gasteiger charge is -2.01. The number of nitrogens with one attached hydrogen (secondary N) is 1. The Hall–Kier alpha value is -1.61. The molecular formula is C11H11NO2. The van der Waals surface area contributed by atoms with Gasteiger partial charge in [0.25, 0.3) is 5.56 Å². The molecule has 2 aromatic rings. The second-order valence-electron chi connectivity index (χ2n) is 3.16. The third-order valence-electron chi connectivity index (χ3n) is 2.15. The molecule has 2 rings (SSSR count). The minimum atomic E-state index is -0.0551. The number of hydrogen-bond donors (Lipinski definition) is 1. The highest BCUT2D eigenvalue weighted by Gasteiger charge is 1.98. The van der Waals surface area contributed by atoms with Gasteiger partial charge < -0.3 is 9.72 Å². The van der Waals surface area contributed by atoms with Gasteiger partial charge in [0, 0.05) is 18.7 Å². The standard InChI is InChI=1S/C11H11NO2/c1-14-7-8-2-3-9-4-5-12-11(13)10(9)6-8/h2-6H,7H2,1H3,(H,12,13). The SMILES string of the molecule is COCc1ccc2cc[nH]c(=O)c2c1. The van der Waals surface area contributed by atoms with Crippen molar-refractivity contribution in [3.63, 3.8) is 0 Å². The van der Waals surface area contributed by atoms with Crippen molar-refractivity contribution in [1.29, 1.82) is 0 Å². The summed E-state index contributed by atoms with van der Waals surface area (Å²) >= 11 is 0. The van der Waals surface area contributed by atoms with Crippen LogP contribution < -0.4 is 5.56 Å². The molecule has 0 aliphatic rings. The van der Waals surface area contributed by atoms with E-state index in [1.165, 1.54) is 0 Å². The molecule has 0 amide bonds. The van der Waals surface area contributed by atoms with E-state index in [4.69, 9.17) is 4.74 Å². The number of methoxy groups -OCH3 is 1. The van der Waals surface area contributed by atoms with E-state index in [9.17, 15) is 4.79 Å². The zero-order valence-corrected chi connectivity index (χ0v) is 7.91. The average molecular weight is 189 g/mol. The first-order valence-electron chi connectivity index (χ1n) is 4.40. The van der Waals surface area contributed by atoms with Crippen molar-refractivity contribution in [2.24, 2.45) is 0 Å². The number of benzene rings is 1. The van der Waals surface area contributed by atoms with Gasteiger partial charge in [-0.3, -0.25) is 4.79 Å². The lowest BCUT2D eigenvalue weighted by Crippen LogP contribution is -2.04. The number of aromatic amines is 1. The molecule has 0 saturated heterocycles. The van der Waals surface area contributed by atoms with Gasteiger partial charge in [-0.25, -0.2) is 0 Å². The molecule has 1 heterocycles. The van der Waals surface area contributed by atoms with E-state index in [0.29, 0.717) is 12.0 Å². The Kier molecular flexibility index (Phi) is 2.33. The lowest BCUT2D eigenvalue weighted by molar-refractivity contribution is 0.185. The van der Waals surface area contributed by atoms with Crippen LogP contribution in [0.25, 0.3) is 10.8 Å². The molecule has 0 bridgehead atoms. The van der Waals surface area contributed by atoms with Crippen LogP contribution in [-0.4, -0.2) is 12.1 Å². The largest absolute Gasteiger partial charge is 0.380 e. The number of pyridine rings is 1. The molecule has 72 valence electrons. The van der Waals surface area contributed by atoms with Gasteiger partial charge in [0.05, 0.1) is 6.61 Å². The highest BCUT2D eigenvalue weighted by Crippen LogP contribution is 2.11. The Morgan fingerprint density at radius 3 is 3.00 bits per heavy atom. The van der Waals surface area contributed by atoms with Crippen LogP contribution in [0.3, 0.4) is 0 Å². The van der Waals surface area contributed by atoms with E-state index in [1.54, 1.807) is 13.3 Å². The van der Waals surface area contributed by atoms with Crippen molar-refractivity contribution < 1.29 is 4.74 Å². The first-order chi connectivity index (χ1) is 6.81. The fourth-order valence-corrected chi connectivity index (χ4v) is 1.49. The predicted octanol–water partition coefficient (Wildman–Crippen LogP) is 1.67. The van der Waals surface area contributed by atoms with Crippen LogP contribution in [0.15, 0.2) is 35.3 Å². The van der Waals surface area contributed by atoms with Gasteiger partial charge in [0.2, 0.25) is 0 Å². The summed E-state index contributed by atoms with van der Waals surface area (Å²) in [4.78, 5) is 14.1. The minimum absolute atomic E-state index is 0.0551. The van der Waals surface area contributed by atoms with Crippen LogP contribution in [-0.2, 0) is 11.3 Å². The van der Waals surface area contributed by atoms with Gasteiger partial charge in [-0.05, 0) is 23.1 Å². The second-order valence-corrected chi connectivity index (χ2v) is 3.16. The molecule has 0 atom stereocenters. The van der Waals surface area contributed by atoms with Gasteiger partial charge in [-0.15, -0.1) is 0 Å². The van der Waals surface area contributed by atoms with E-state index in [0.717, 1.165) is 10.9 Å². The van der Waals surface area contributed by atoms with Crippen LogP contribution in [0.5, 0.6) is 0 Å². The molecule has 3 heteroatoms. The molecule has 0 unspecified atom stereocenters. The molecule has 0 radical (unpaired) electrons. The third-order valence-corrected chi connectivity index (χ3v) is 2.15. The number of fused-ring (bicyclic) bond motifs is 1. The Morgan fingerprint density at radius 1 is 1.36 bits per heavy atom. The summed E-state index contributed by atoms with van der Waals surface area (Å²) in [7, 11) is 1.64. The Morgan fingerprint density at radius 2 is 2.21 bits per heavy atom. The number of aromatic nitrogens is 1. The molecule has 14 heavy (non-hydrogen) atoms. The summed E-state index contributed by atoms with van der Waals surface area (Å²) in [5.74, 6) is 0. The van der Waals surface area contributed by atoms with Crippen molar-refractivity contribution in [3.05, 3.63) is 46.4 Å². The molecule has 0 aliphatic heterocycles. The molecule has 1 N–H and O–H groups in total. The van der Waals surface area contributed by atoms with Crippen LogP contribution >= 0.6 is 0 Å². The van der Waals surface area contributed by atoms with Crippen molar-refractivity contribution >= 4 is 10.8 Å². The number of hydrogen-bond acceptors (Lipinski definition) is 2. The maximum Gasteiger partial charge on any atom is 0.255 e. The average Bonchev–Trinajstić information content (AvgIpc) is 2.20. The third kappa shape index (κ3) is 1.54. The Balaban J connectivity index is 2.64. The minimum Gasteiger partial charge on any atom is -0.380 e. The van der Waals surface area contributed by atoms with E-state index < -0.39 is 0 Å². The molecule has 0 aliphatic carbocycles. The Bertz CT molecular complexity index is 502. The van der Waals surface area contributed by atoms with E-state index >= 15 is 0 Å². The van der Waals surface area contributed by atoms with Gasteiger partial charge >= 0.3 is 0 Å². The number of ether oxygens (including phenoxy) is 1. The fourth-order valence-electron chi connectivity index (χ4n) is 1.49. The van der Waals surface area contributed by atoms with Crippen LogP contribution in [0, 0.1) is 0 Å². The van der Waals surface area contributed by atoms with E-state index in [2.05, 4.69) is 4.98 Å². The highest BCUT2D eigenvalue weighted by molar-refractivity contribution is 5.81.